The average Bonchev–Trinajstić information content (AvgIpc) is 2.80. The highest BCUT2D eigenvalue weighted by molar-refractivity contribution is 6.78. The minimum atomic E-state index is -2.25. The summed E-state index contributed by atoms with van der Waals surface area (Å²) in [6.45, 7) is 35.1. The first-order valence-electron chi connectivity index (χ1n) is 15.9. The van der Waals surface area contributed by atoms with E-state index in [9.17, 15) is 4.79 Å². The van der Waals surface area contributed by atoms with Gasteiger partial charge < -0.3 is 8.85 Å². The number of hydrogen-bond donors (Lipinski definition) is 0. The van der Waals surface area contributed by atoms with Crippen LogP contribution in [0.5, 0.6) is 0 Å². The Morgan fingerprint density at radius 3 is 2.02 bits per heavy atom. The number of allylic oxidation sites excluding steroid dienone is 1. The zero-order chi connectivity index (χ0) is 30.6. The number of carbonyl (C=O) groups is 1. The van der Waals surface area contributed by atoms with Crippen LogP contribution in [-0.4, -0.2) is 29.0 Å². The van der Waals surface area contributed by atoms with Crippen molar-refractivity contribution in [2.45, 2.75) is 155 Å². The van der Waals surface area contributed by atoms with Gasteiger partial charge in [0, 0.05) is 18.1 Å². The van der Waals surface area contributed by atoms with Gasteiger partial charge in [-0.2, -0.15) is 0 Å². The molecule has 0 saturated heterocycles. The van der Waals surface area contributed by atoms with Crippen LogP contribution in [0, 0.1) is 12.8 Å². The second-order valence-electron chi connectivity index (χ2n) is 16.0. The largest absolute Gasteiger partial charge is 0.545 e. The first-order chi connectivity index (χ1) is 18.2. The van der Waals surface area contributed by atoms with Crippen molar-refractivity contribution in [1.82, 2.24) is 0 Å². The van der Waals surface area contributed by atoms with Crippen molar-refractivity contribution >= 4 is 22.4 Å². The quantitative estimate of drug-likeness (QED) is 0.257. The normalized spacial score (nSPS) is 20.8. The summed E-state index contributed by atoms with van der Waals surface area (Å²) in [6.07, 6.45) is 3.53. The maximum absolute atomic E-state index is 14.2. The maximum Gasteiger partial charge on any atom is 0.258 e. The molecule has 0 radical (unpaired) electrons. The number of benzene rings is 1. The smallest absolute Gasteiger partial charge is 0.258 e. The molecule has 0 aromatic heterocycles. The molecule has 0 saturated carbocycles. The second-order valence-corrected chi connectivity index (χ2v) is 26.2. The number of ketones is 1. The topological polar surface area (TPSA) is 35.5 Å². The summed E-state index contributed by atoms with van der Waals surface area (Å²) in [6, 6.07) is 4.58. The zero-order valence-electron chi connectivity index (χ0n) is 28.6. The molecule has 0 aliphatic heterocycles. The lowest BCUT2D eigenvalue weighted by Crippen LogP contribution is -2.51. The van der Waals surface area contributed by atoms with Gasteiger partial charge in [0.2, 0.25) is 0 Å². The van der Waals surface area contributed by atoms with Crippen LogP contribution in [-0.2, 0) is 25.5 Å². The SMILES string of the molecule is Cc1c(C2C(=O)C([C@@H](C)CO[Si](C)(C)C(C)(C)C)=C2O[Si](C(C)C)(C(C)C)C(C)C)ccc2c1CCCC2(C)C. The minimum absolute atomic E-state index is 0.0166. The fourth-order valence-electron chi connectivity index (χ4n) is 7.42. The molecule has 0 bridgehead atoms. The molecule has 5 heteroatoms. The molecular formula is C35H60O3Si2. The Kier molecular flexibility index (Phi) is 9.57. The lowest BCUT2D eigenvalue weighted by atomic mass is 9.67. The number of carbonyl (C=O) groups excluding carboxylic acids is 1. The van der Waals surface area contributed by atoms with E-state index in [1.807, 2.05) is 0 Å². The molecule has 0 heterocycles. The Morgan fingerprint density at radius 2 is 1.52 bits per heavy atom. The standard InChI is InChI=1S/C35H60O3Si2/c1-22(2)40(23(3)4,24(5)6)38-33-30(25(7)21-37-39(14,15)34(9,10)11)32(36)31(33)28-18-19-29-27(26(28)8)17-16-20-35(29,12)13/h18-19,22-25,31H,16-17,20-21H2,1-15H3/t25-,31?/m0/s1. The molecule has 2 aliphatic carbocycles. The highest BCUT2D eigenvalue weighted by atomic mass is 28.4. The molecule has 1 aromatic carbocycles. The van der Waals surface area contributed by atoms with Gasteiger partial charge in [0.25, 0.3) is 8.32 Å². The first kappa shape index (κ1) is 33.3. The predicted molar refractivity (Wildman–Crippen MR) is 176 cm³/mol. The van der Waals surface area contributed by atoms with Crippen LogP contribution in [0.3, 0.4) is 0 Å². The molecule has 2 atom stereocenters. The van der Waals surface area contributed by atoms with Crippen LogP contribution in [0.4, 0.5) is 0 Å². The molecule has 3 rings (SSSR count). The summed E-state index contributed by atoms with van der Waals surface area (Å²) >= 11 is 0. The maximum atomic E-state index is 14.2. The first-order valence-corrected chi connectivity index (χ1v) is 21.0. The molecule has 1 unspecified atom stereocenters. The van der Waals surface area contributed by atoms with Crippen molar-refractivity contribution in [3.8, 4) is 0 Å². The molecule has 0 amide bonds. The number of fused-ring (bicyclic) bond motifs is 1. The van der Waals surface area contributed by atoms with Gasteiger partial charge in [-0.15, -0.1) is 0 Å². The molecular weight excluding hydrogens is 525 g/mol. The van der Waals surface area contributed by atoms with Crippen LogP contribution in [0.15, 0.2) is 23.5 Å². The number of rotatable bonds is 10. The van der Waals surface area contributed by atoms with E-state index in [4.69, 9.17) is 8.85 Å². The molecule has 2 aliphatic rings. The summed E-state index contributed by atoms with van der Waals surface area (Å²) in [5.41, 5.74) is 7.81. The van der Waals surface area contributed by atoms with Crippen molar-refractivity contribution < 1.29 is 13.6 Å². The predicted octanol–water partition coefficient (Wildman–Crippen LogP) is 10.4. The third-order valence-corrected chi connectivity index (χ3v) is 21.4. The van der Waals surface area contributed by atoms with E-state index < -0.39 is 16.6 Å². The second kappa shape index (κ2) is 11.5. The Labute approximate surface area is 249 Å². The highest BCUT2D eigenvalue weighted by Gasteiger charge is 2.53. The summed E-state index contributed by atoms with van der Waals surface area (Å²) in [5, 5.41) is 0.135. The van der Waals surface area contributed by atoms with Gasteiger partial charge in [-0.1, -0.05) is 95.2 Å². The third kappa shape index (κ3) is 5.73. The van der Waals surface area contributed by atoms with Crippen molar-refractivity contribution in [3.05, 3.63) is 45.7 Å². The Balaban J connectivity index is 2.14. The lowest BCUT2D eigenvalue weighted by molar-refractivity contribution is -0.120. The van der Waals surface area contributed by atoms with E-state index >= 15 is 0 Å². The van der Waals surface area contributed by atoms with Gasteiger partial charge in [-0.3, -0.25) is 4.79 Å². The van der Waals surface area contributed by atoms with E-state index in [-0.39, 0.29) is 28.1 Å². The van der Waals surface area contributed by atoms with E-state index in [1.54, 1.807) is 0 Å². The number of Topliss-reactive ketones (excluding diaryl/α,β-unsaturated/α-hetero) is 1. The van der Waals surface area contributed by atoms with Gasteiger partial charge >= 0.3 is 0 Å². The molecule has 1 aromatic rings. The summed E-state index contributed by atoms with van der Waals surface area (Å²) in [4.78, 5) is 14.2. The molecule has 0 spiro atoms. The van der Waals surface area contributed by atoms with Gasteiger partial charge in [0.15, 0.2) is 14.1 Å². The molecule has 0 fully saturated rings. The van der Waals surface area contributed by atoms with E-state index in [1.165, 1.54) is 29.5 Å². The zero-order valence-corrected chi connectivity index (χ0v) is 30.6. The van der Waals surface area contributed by atoms with Crippen LogP contribution in [0.2, 0.25) is 34.8 Å². The molecule has 226 valence electrons. The summed E-state index contributed by atoms with van der Waals surface area (Å²) in [7, 11) is -4.19. The Bertz CT molecular complexity index is 1110. The van der Waals surface area contributed by atoms with Gasteiger partial charge in [-0.05, 0) is 88.6 Å². The van der Waals surface area contributed by atoms with Crippen LogP contribution in [0.1, 0.15) is 124 Å². The van der Waals surface area contributed by atoms with Gasteiger partial charge in [-0.25, -0.2) is 0 Å². The molecule has 40 heavy (non-hydrogen) atoms. The minimum Gasteiger partial charge on any atom is -0.545 e. The van der Waals surface area contributed by atoms with Gasteiger partial charge in [0.05, 0.1) is 0 Å². The van der Waals surface area contributed by atoms with E-state index in [2.05, 4.69) is 115 Å². The Hall–Kier alpha value is -1.18. The van der Waals surface area contributed by atoms with Crippen molar-refractivity contribution in [2.24, 2.45) is 5.92 Å². The van der Waals surface area contributed by atoms with Gasteiger partial charge in [0.1, 0.15) is 11.7 Å². The van der Waals surface area contributed by atoms with E-state index in [0.29, 0.717) is 23.2 Å². The summed E-state index contributed by atoms with van der Waals surface area (Å²) < 4.78 is 14.1. The van der Waals surface area contributed by atoms with Crippen LogP contribution < -0.4 is 0 Å². The fourth-order valence-corrected chi connectivity index (χ4v) is 13.8. The summed E-state index contributed by atoms with van der Waals surface area (Å²) in [5.74, 6) is 0.947. The van der Waals surface area contributed by atoms with E-state index in [0.717, 1.165) is 23.3 Å². The fraction of sp³-hybridized carbons (Fsp3) is 0.743. The highest BCUT2D eigenvalue weighted by Crippen LogP contribution is 2.52. The van der Waals surface area contributed by atoms with Crippen LogP contribution >= 0.6 is 0 Å². The third-order valence-electron chi connectivity index (χ3n) is 11.0. The molecule has 3 nitrogen and oxygen atoms in total. The van der Waals surface area contributed by atoms with Crippen molar-refractivity contribution in [3.63, 3.8) is 0 Å². The monoisotopic (exact) mass is 584 g/mol. The Morgan fingerprint density at radius 1 is 0.975 bits per heavy atom. The van der Waals surface area contributed by atoms with Crippen LogP contribution in [0.25, 0.3) is 0 Å². The van der Waals surface area contributed by atoms with Crippen molar-refractivity contribution in [2.75, 3.05) is 6.61 Å². The average molecular weight is 585 g/mol. The van der Waals surface area contributed by atoms with Crippen molar-refractivity contribution in [1.29, 1.82) is 0 Å². The molecule has 0 N–H and O–H groups in total. The number of hydrogen-bond acceptors (Lipinski definition) is 3. The lowest BCUT2D eigenvalue weighted by Gasteiger charge is -2.48.